The van der Waals surface area contributed by atoms with E-state index in [0.29, 0.717) is 0 Å². The van der Waals surface area contributed by atoms with Gasteiger partial charge in [-0.3, -0.25) is 4.79 Å². The minimum absolute atomic E-state index is 0.153. The fourth-order valence-corrected chi connectivity index (χ4v) is 1.37. The van der Waals surface area contributed by atoms with Crippen LogP contribution in [0.5, 0.6) is 0 Å². The van der Waals surface area contributed by atoms with E-state index >= 15 is 0 Å². The van der Waals surface area contributed by atoms with Crippen molar-refractivity contribution in [2.75, 3.05) is 0 Å². The highest BCUT2D eigenvalue weighted by molar-refractivity contribution is 5.84. The van der Waals surface area contributed by atoms with E-state index in [2.05, 4.69) is 0 Å². The lowest BCUT2D eigenvalue weighted by atomic mass is 9.94. The Morgan fingerprint density at radius 1 is 1.24 bits per heavy atom. The van der Waals surface area contributed by atoms with Crippen LogP contribution >= 0.6 is 0 Å². The van der Waals surface area contributed by atoms with Crippen molar-refractivity contribution in [1.82, 2.24) is 0 Å². The van der Waals surface area contributed by atoms with E-state index in [-0.39, 0.29) is 12.0 Å². The number of hydrogen-bond acceptors (Lipinski definition) is 1. The molecule has 0 bridgehead atoms. The fraction of sp³-hybridized carbons (Fsp3) is 0.417. The molecule has 1 aromatic rings. The van der Waals surface area contributed by atoms with Gasteiger partial charge in [0.1, 0.15) is 0 Å². The first-order chi connectivity index (χ1) is 7.63. The van der Waals surface area contributed by atoms with Gasteiger partial charge in [0.25, 0.3) is 0 Å². The molecule has 0 fully saturated rings. The fourth-order valence-electron chi connectivity index (χ4n) is 1.37. The van der Waals surface area contributed by atoms with Gasteiger partial charge in [-0.1, -0.05) is 18.2 Å². The molecule has 0 aliphatic heterocycles. The van der Waals surface area contributed by atoms with E-state index < -0.39 is 23.2 Å². The van der Waals surface area contributed by atoms with Gasteiger partial charge < -0.3 is 0 Å². The third-order valence-corrected chi connectivity index (χ3v) is 2.52. The second-order valence-corrected chi connectivity index (χ2v) is 4.13. The van der Waals surface area contributed by atoms with Crippen molar-refractivity contribution in [2.24, 2.45) is 0 Å². The Bertz CT molecular complexity index is 421. The number of carbonyl (C=O) groups is 1. The van der Waals surface area contributed by atoms with E-state index in [1.807, 2.05) is 0 Å². The first-order valence-electron chi connectivity index (χ1n) is 4.99. The maximum Gasteiger partial charge on any atom is 0.416 e. The van der Waals surface area contributed by atoms with Crippen molar-refractivity contribution >= 4 is 5.78 Å². The summed E-state index contributed by atoms with van der Waals surface area (Å²) in [5.41, 5.74) is -2.82. The topological polar surface area (TPSA) is 17.1 Å². The van der Waals surface area contributed by atoms with Gasteiger partial charge in [0.2, 0.25) is 0 Å². The van der Waals surface area contributed by atoms with Gasteiger partial charge in [0, 0.05) is 6.42 Å². The zero-order chi connectivity index (χ0) is 13.3. The Morgan fingerprint density at radius 2 is 1.82 bits per heavy atom. The lowest BCUT2D eigenvalue weighted by Crippen LogP contribution is -2.30. The van der Waals surface area contributed by atoms with Crippen LogP contribution in [0.1, 0.15) is 25.0 Å². The normalized spacial score (nSPS) is 15.4. The lowest BCUT2D eigenvalue weighted by molar-refractivity contribution is -0.137. The van der Waals surface area contributed by atoms with E-state index in [4.69, 9.17) is 0 Å². The maximum absolute atomic E-state index is 13.7. The number of alkyl halides is 4. The molecule has 94 valence electrons. The van der Waals surface area contributed by atoms with E-state index in [0.717, 1.165) is 26.0 Å². The number of carbonyl (C=O) groups excluding carboxylic acids is 1. The Kier molecular flexibility index (Phi) is 3.59. The van der Waals surface area contributed by atoms with Crippen LogP contribution in [0.4, 0.5) is 17.6 Å². The van der Waals surface area contributed by atoms with Crippen molar-refractivity contribution in [1.29, 1.82) is 0 Å². The van der Waals surface area contributed by atoms with Crippen LogP contribution in [-0.2, 0) is 17.4 Å². The first kappa shape index (κ1) is 13.7. The third kappa shape index (κ3) is 3.54. The predicted molar refractivity (Wildman–Crippen MR) is 55.3 cm³/mol. The highest BCUT2D eigenvalue weighted by atomic mass is 19.4. The standard InChI is InChI=1S/C12H12F4O/c1-8(17)11(2,13)7-9-4-3-5-10(6-9)12(14,15)16/h3-6H,7H2,1-2H3. The summed E-state index contributed by atoms with van der Waals surface area (Å²) >= 11 is 0. The van der Waals surface area contributed by atoms with Crippen LogP contribution < -0.4 is 0 Å². The Hall–Kier alpha value is -1.39. The lowest BCUT2D eigenvalue weighted by Gasteiger charge is -2.17. The monoisotopic (exact) mass is 248 g/mol. The van der Waals surface area contributed by atoms with Gasteiger partial charge in [0.15, 0.2) is 11.5 Å². The van der Waals surface area contributed by atoms with Crippen molar-refractivity contribution in [2.45, 2.75) is 32.1 Å². The molecule has 0 aliphatic carbocycles. The largest absolute Gasteiger partial charge is 0.416 e. The van der Waals surface area contributed by atoms with E-state index in [1.54, 1.807) is 0 Å². The zero-order valence-electron chi connectivity index (χ0n) is 9.44. The molecule has 1 atom stereocenters. The van der Waals surface area contributed by atoms with Crippen molar-refractivity contribution in [3.63, 3.8) is 0 Å². The van der Waals surface area contributed by atoms with Crippen LogP contribution in [0.15, 0.2) is 24.3 Å². The molecule has 5 heteroatoms. The number of benzene rings is 1. The van der Waals surface area contributed by atoms with Crippen LogP contribution in [0.2, 0.25) is 0 Å². The molecule has 1 aromatic carbocycles. The number of hydrogen-bond donors (Lipinski definition) is 0. The van der Waals surface area contributed by atoms with E-state index in [9.17, 15) is 22.4 Å². The number of Topliss-reactive ketones (excluding diaryl/α,β-unsaturated/α-hetero) is 1. The van der Waals surface area contributed by atoms with Gasteiger partial charge in [-0.25, -0.2) is 4.39 Å². The maximum atomic E-state index is 13.7. The molecule has 0 saturated carbocycles. The SMILES string of the molecule is CC(=O)C(C)(F)Cc1cccc(C(F)(F)F)c1. The molecule has 0 radical (unpaired) electrons. The molecule has 1 rings (SSSR count). The van der Waals surface area contributed by atoms with Crippen molar-refractivity contribution < 1.29 is 22.4 Å². The molecule has 0 amide bonds. The summed E-state index contributed by atoms with van der Waals surface area (Å²) in [5.74, 6) is -0.699. The average Bonchev–Trinajstić information content (AvgIpc) is 2.15. The van der Waals surface area contributed by atoms with Gasteiger partial charge in [-0.05, 0) is 25.5 Å². The smallest absolute Gasteiger partial charge is 0.296 e. The van der Waals surface area contributed by atoms with Gasteiger partial charge >= 0.3 is 6.18 Å². The quantitative estimate of drug-likeness (QED) is 0.747. The summed E-state index contributed by atoms with van der Waals surface area (Å²) in [4.78, 5) is 11.0. The first-order valence-corrected chi connectivity index (χ1v) is 4.99. The van der Waals surface area contributed by atoms with E-state index in [1.165, 1.54) is 12.1 Å². The minimum atomic E-state index is -4.46. The minimum Gasteiger partial charge on any atom is -0.296 e. The Balaban J connectivity index is 2.98. The molecule has 0 aromatic heterocycles. The zero-order valence-corrected chi connectivity index (χ0v) is 9.44. The Labute approximate surface area is 96.4 Å². The second-order valence-electron chi connectivity index (χ2n) is 4.13. The highest BCUT2D eigenvalue weighted by Gasteiger charge is 2.33. The summed E-state index contributed by atoms with van der Waals surface area (Å²) in [6, 6.07) is 4.35. The summed E-state index contributed by atoms with van der Waals surface area (Å²) in [5, 5.41) is 0. The summed E-state index contributed by atoms with van der Waals surface area (Å²) in [7, 11) is 0. The van der Waals surface area contributed by atoms with Gasteiger partial charge in [0.05, 0.1) is 5.56 Å². The van der Waals surface area contributed by atoms with Crippen LogP contribution in [0, 0.1) is 0 Å². The molecule has 1 unspecified atom stereocenters. The second kappa shape index (κ2) is 4.47. The summed E-state index contributed by atoms with van der Waals surface area (Å²) in [6.07, 6.45) is -4.81. The Morgan fingerprint density at radius 3 is 2.29 bits per heavy atom. The predicted octanol–water partition coefficient (Wildman–Crippen LogP) is 3.57. The summed E-state index contributed by atoms with van der Waals surface area (Å²) < 4.78 is 50.9. The number of rotatable bonds is 3. The molecule has 0 aliphatic rings. The average molecular weight is 248 g/mol. The van der Waals surface area contributed by atoms with Crippen molar-refractivity contribution in [3.05, 3.63) is 35.4 Å². The van der Waals surface area contributed by atoms with Crippen LogP contribution in [0.3, 0.4) is 0 Å². The molecule has 0 N–H and O–H groups in total. The van der Waals surface area contributed by atoms with Crippen molar-refractivity contribution in [3.8, 4) is 0 Å². The van der Waals surface area contributed by atoms with Gasteiger partial charge in [-0.2, -0.15) is 13.2 Å². The number of halogens is 4. The van der Waals surface area contributed by atoms with Gasteiger partial charge in [-0.15, -0.1) is 0 Å². The van der Waals surface area contributed by atoms with Crippen LogP contribution in [0.25, 0.3) is 0 Å². The molecule has 17 heavy (non-hydrogen) atoms. The number of ketones is 1. The molecule has 0 saturated heterocycles. The molecular weight excluding hydrogens is 236 g/mol. The third-order valence-electron chi connectivity index (χ3n) is 2.52. The summed E-state index contributed by atoms with van der Waals surface area (Å²) in [6.45, 7) is 2.14. The van der Waals surface area contributed by atoms with Crippen LogP contribution in [-0.4, -0.2) is 11.5 Å². The molecule has 1 nitrogen and oxygen atoms in total. The highest BCUT2D eigenvalue weighted by Crippen LogP contribution is 2.30. The molecular formula is C12H12F4O. The molecule has 0 heterocycles. The molecule has 0 spiro atoms.